The lowest BCUT2D eigenvalue weighted by Gasteiger charge is -2.26. The van der Waals surface area contributed by atoms with Gasteiger partial charge >= 0.3 is 0 Å². The normalized spacial score (nSPS) is 21.6. The highest BCUT2D eigenvalue weighted by atomic mass is 127. The molecule has 0 unspecified atom stereocenters. The summed E-state index contributed by atoms with van der Waals surface area (Å²) in [5.74, 6) is 4.08. The van der Waals surface area contributed by atoms with Gasteiger partial charge in [0.1, 0.15) is 12.3 Å². The van der Waals surface area contributed by atoms with Crippen LogP contribution in [0.2, 0.25) is 0 Å². The molecule has 1 aliphatic carbocycles. The van der Waals surface area contributed by atoms with Gasteiger partial charge in [-0.3, -0.25) is 0 Å². The molecule has 6 heteroatoms. The molecular formula is C19H35IN4O. The Bertz CT molecular complexity index is 528. The van der Waals surface area contributed by atoms with E-state index in [0.29, 0.717) is 12.4 Å². The summed E-state index contributed by atoms with van der Waals surface area (Å²) in [5, 5.41) is 6.79. The molecule has 1 fully saturated rings. The van der Waals surface area contributed by atoms with E-state index in [1.807, 2.05) is 6.20 Å². The Balaban J connectivity index is 0.00000312. The Kier molecular flexibility index (Phi) is 9.24. The van der Waals surface area contributed by atoms with Crippen LogP contribution in [0.4, 0.5) is 0 Å². The number of nitrogens with one attached hydrogen (secondary N) is 2. The number of hydrogen-bond acceptors (Lipinski definition) is 3. The van der Waals surface area contributed by atoms with Gasteiger partial charge in [-0.1, -0.05) is 40.5 Å². The second-order valence-corrected chi connectivity index (χ2v) is 8.07. The van der Waals surface area contributed by atoms with Crippen LogP contribution in [-0.4, -0.2) is 24.0 Å². The Morgan fingerprint density at radius 1 is 1.24 bits per heavy atom. The van der Waals surface area contributed by atoms with Crippen LogP contribution < -0.4 is 10.6 Å². The molecule has 1 aliphatic rings. The smallest absolute Gasteiger partial charge is 0.216 e. The van der Waals surface area contributed by atoms with E-state index in [4.69, 9.17) is 4.42 Å². The molecular weight excluding hydrogens is 427 g/mol. The fraction of sp³-hybridized carbons (Fsp3) is 0.789. The number of hydrogen-bond donors (Lipinski definition) is 2. The molecule has 0 bridgehead atoms. The maximum atomic E-state index is 5.81. The number of guanidine groups is 1. The number of oxazole rings is 1. The number of nitrogens with zero attached hydrogens (tertiary/aromatic N) is 2. The zero-order valence-electron chi connectivity index (χ0n) is 16.4. The van der Waals surface area contributed by atoms with Gasteiger partial charge < -0.3 is 15.1 Å². The molecule has 0 atom stereocenters. The summed E-state index contributed by atoms with van der Waals surface area (Å²) in [6.45, 7) is 13.1. The summed E-state index contributed by atoms with van der Waals surface area (Å²) in [4.78, 5) is 8.96. The van der Waals surface area contributed by atoms with E-state index in [-0.39, 0.29) is 29.4 Å². The first kappa shape index (κ1) is 22.3. The van der Waals surface area contributed by atoms with Gasteiger partial charge in [-0.25, -0.2) is 9.98 Å². The van der Waals surface area contributed by atoms with Crippen LogP contribution in [0.3, 0.4) is 0 Å². The average Bonchev–Trinajstić information content (AvgIpc) is 3.01. The highest BCUT2D eigenvalue weighted by Crippen LogP contribution is 2.27. The van der Waals surface area contributed by atoms with Crippen molar-refractivity contribution in [2.45, 2.75) is 72.3 Å². The van der Waals surface area contributed by atoms with Crippen molar-refractivity contribution in [2.75, 3.05) is 13.1 Å². The number of halogens is 1. The van der Waals surface area contributed by atoms with E-state index in [2.05, 4.69) is 55.2 Å². The molecule has 0 aromatic carbocycles. The topological polar surface area (TPSA) is 62.5 Å². The van der Waals surface area contributed by atoms with Crippen molar-refractivity contribution >= 4 is 29.9 Å². The zero-order chi connectivity index (χ0) is 17.6. The summed E-state index contributed by atoms with van der Waals surface area (Å²) in [7, 11) is 0. The number of aliphatic imine (C=N–C) groups is 1. The molecule has 144 valence electrons. The minimum Gasteiger partial charge on any atom is -0.443 e. The van der Waals surface area contributed by atoms with Crippen LogP contribution in [0.5, 0.6) is 0 Å². The Morgan fingerprint density at radius 3 is 2.48 bits per heavy atom. The minimum absolute atomic E-state index is 0. The van der Waals surface area contributed by atoms with Gasteiger partial charge in [0.2, 0.25) is 5.89 Å². The molecule has 2 N–H and O–H groups in total. The van der Waals surface area contributed by atoms with E-state index < -0.39 is 0 Å². The summed E-state index contributed by atoms with van der Waals surface area (Å²) in [5.41, 5.74) is -0.0180. The largest absolute Gasteiger partial charge is 0.443 e. The third-order valence-corrected chi connectivity index (χ3v) is 4.70. The first-order chi connectivity index (χ1) is 11.4. The standard InChI is InChI=1S/C19H34N4O.HI/c1-6-20-18(22-11-15-9-7-14(2)8-10-15)23-13-17-21-12-16(24-17)19(3,4)5;/h12,14-15H,6-11,13H2,1-5H3,(H2,20,22,23);1H. The maximum absolute atomic E-state index is 5.81. The Hall–Kier alpha value is -0.790. The van der Waals surface area contributed by atoms with E-state index in [1.54, 1.807) is 0 Å². The van der Waals surface area contributed by atoms with Gasteiger partial charge in [0.15, 0.2) is 5.96 Å². The van der Waals surface area contributed by atoms with Crippen LogP contribution in [0, 0.1) is 11.8 Å². The van der Waals surface area contributed by atoms with Crippen molar-refractivity contribution in [3.63, 3.8) is 0 Å². The first-order valence-electron chi connectivity index (χ1n) is 9.35. The highest BCUT2D eigenvalue weighted by Gasteiger charge is 2.20. The van der Waals surface area contributed by atoms with Gasteiger partial charge in [-0.05, 0) is 31.6 Å². The van der Waals surface area contributed by atoms with Crippen LogP contribution >= 0.6 is 24.0 Å². The van der Waals surface area contributed by atoms with Crippen molar-refractivity contribution in [3.8, 4) is 0 Å². The fourth-order valence-electron chi connectivity index (χ4n) is 2.99. The molecule has 1 aromatic rings. The first-order valence-corrected chi connectivity index (χ1v) is 9.35. The lowest BCUT2D eigenvalue weighted by molar-refractivity contribution is 0.289. The summed E-state index contributed by atoms with van der Waals surface area (Å²) >= 11 is 0. The second kappa shape index (κ2) is 10.4. The third kappa shape index (κ3) is 7.54. The molecule has 0 spiro atoms. The van der Waals surface area contributed by atoms with Gasteiger partial charge in [0.25, 0.3) is 0 Å². The average molecular weight is 462 g/mol. The van der Waals surface area contributed by atoms with Gasteiger partial charge in [0, 0.05) is 18.5 Å². The van der Waals surface area contributed by atoms with E-state index in [0.717, 1.165) is 36.6 Å². The quantitative estimate of drug-likeness (QED) is 0.385. The van der Waals surface area contributed by atoms with Crippen molar-refractivity contribution in [1.82, 2.24) is 15.6 Å². The van der Waals surface area contributed by atoms with Gasteiger partial charge in [-0.15, -0.1) is 24.0 Å². The van der Waals surface area contributed by atoms with Crippen molar-refractivity contribution in [2.24, 2.45) is 16.8 Å². The Labute approximate surface area is 169 Å². The molecule has 2 rings (SSSR count). The van der Waals surface area contributed by atoms with Crippen LogP contribution in [0.25, 0.3) is 0 Å². The molecule has 0 aliphatic heterocycles. The molecule has 0 saturated heterocycles. The summed E-state index contributed by atoms with van der Waals surface area (Å²) in [6, 6.07) is 0. The second-order valence-electron chi connectivity index (χ2n) is 8.07. The minimum atomic E-state index is -0.0180. The molecule has 1 saturated carbocycles. The lowest BCUT2D eigenvalue weighted by atomic mass is 9.83. The Morgan fingerprint density at radius 2 is 1.92 bits per heavy atom. The molecule has 1 aromatic heterocycles. The third-order valence-electron chi connectivity index (χ3n) is 4.70. The van der Waals surface area contributed by atoms with Gasteiger partial charge in [0.05, 0.1) is 6.20 Å². The van der Waals surface area contributed by atoms with Crippen LogP contribution in [-0.2, 0) is 12.0 Å². The maximum Gasteiger partial charge on any atom is 0.216 e. The van der Waals surface area contributed by atoms with Crippen molar-refractivity contribution < 1.29 is 4.42 Å². The monoisotopic (exact) mass is 462 g/mol. The number of aromatic nitrogens is 1. The van der Waals surface area contributed by atoms with Crippen molar-refractivity contribution in [3.05, 3.63) is 17.8 Å². The van der Waals surface area contributed by atoms with Gasteiger partial charge in [-0.2, -0.15) is 0 Å². The van der Waals surface area contributed by atoms with Crippen LogP contribution in [0.15, 0.2) is 15.6 Å². The lowest BCUT2D eigenvalue weighted by Crippen LogP contribution is -2.40. The predicted octanol–water partition coefficient (Wildman–Crippen LogP) is 4.47. The SMILES string of the molecule is CCNC(=NCc1ncc(C(C)(C)C)o1)NCC1CCC(C)CC1.I. The summed E-state index contributed by atoms with van der Waals surface area (Å²) < 4.78 is 5.81. The molecule has 0 radical (unpaired) electrons. The van der Waals surface area contributed by atoms with Crippen molar-refractivity contribution in [1.29, 1.82) is 0 Å². The fourth-order valence-corrected chi connectivity index (χ4v) is 2.99. The van der Waals surface area contributed by atoms with Crippen LogP contribution in [0.1, 0.15) is 72.0 Å². The van der Waals surface area contributed by atoms with E-state index in [1.165, 1.54) is 25.7 Å². The molecule has 5 nitrogen and oxygen atoms in total. The van der Waals surface area contributed by atoms with E-state index in [9.17, 15) is 0 Å². The highest BCUT2D eigenvalue weighted by molar-refractivity contribution is 14.0. The number of rotatable bonds is 5. The zero-order valence-corrected chi connectivity index (χ0v) is 18.7. The molecule has 0 amide bonds. The predicted molar refractivity (Wildman–Crippen MR) is 115 cm³/mol. The van der Waals surface area contributed by atoms with E-state index >= 15 is 0 Å². The molecule has 1 heterocycles. The molecule has 25 heavy (non-hydrogen) atoms. The summed E-state index contributed by atoms with van der Waals surface area (Å²) in [6.07, 6.45) is 7.16.